The molecule has 3 nitrogen and oxygen atoms in total. The summed E-state index contributed by atoms with van der Waals surface area (Å²) in [6, 6.07) is 0.409. The van der Waals surface area contributed by atoms with Gasteiger partial charge < -0.3 is 5.32 Å². The number of aromatic nitrogens is 2. The molecule has 0 aliphatic heterocycles. The molecule has 0 aliphatic carbocycles. The van der Waals surface area contributed by atoms with Crippen molar-refractivity contribution >= 4 is 15.9 Å². The van der Waals surface area contributed by atoms with Gasteiger partial charge in [-0.1, -0.05) is 20.3 Å². The quantitative estimate of drug-likeness (QED) is 0.882. The summed E-state index contributed by atoms with van der Waals surface area (Å²) in [6.07, 6.45) is 4.18. The first-order chi connectivity index (χ1) is 6.70. The highest BCUT2D eigenvalue weighted by Gasteiger charge is 2.16. The minimum Gasteiger partial charge on any atom is -0.309 e. The van der Waals surface area contributed by atoms with E-state index in [1.165, 1.54) is 12.1 Å². The van der Waals surface area contributed by atoms with E-state index in [0.29, 0.717) is 6.04 Å². The van der Waals surface area contributed by atoms with E-state index < -0.39 is 0 Å². The number of rotatable bonds is 5. The molecule has 1 aromatic heterocycles. The fourth-order valence-electron chi connectivity index (χ4n) is 1.68. The number of nitrogens with zero attached hydrogens (tertiary/aromatic N) is 2. The molecule has 0 aliphatic rings. The van der Waals surface area contributed by atoms with Crippen LogP contribution in [-0.4, -0.2) is 16.3 Å². The lowest BCUT2D eigenvalue weighted by atomic mass is 10.1. The molecule has 0 saturated heterocycles. The molecule has 0 saturated carbocycles. The lowest BCUT2D eigenvalue weighted by molar-refractivity contribution is 0.474. The maximum absolute atomic E-state index is 4.23. The molecule has 0 bridgehead atoms. The predicted octanol–water partition coefficient (Wildman–Crippen LogP) is 2.63. The maximum Gasteiger partial charge on any atom is 0.0692 e. The molecule has 1 N–H and O–H groups in total. The van der Waals surface area contributed by atoms with Gasteiger partial charge in [0.1, 0.15) is 0 Å². The summed E-state index contributed by atoms with van der Waals surface area (Å²) in [4.78, 5) is 0. The SMILES string of the molecule is CCCC(NCC)c1c(Br)cnn1C. The molecule has 1 aromatic rings. The van der Waals surface area contributed by atoms with Gasteiger partial charge in [-0.15, -0.1) is 0 Å². The van der Waals surface area contributed by atoms with Crippen LogP contribution in [0.2, 0.25) is 0 Å². The van der Waals surface area contributed by atoms with Gasteiger partial charge in [0.05, 0.1) is 22.4 Å². The molecule has 1 unspecified atom stereocenters. The van der Waals surface area contributed by atoms with Crippen LogP contribution in [0.3, 0.4) is 0 Å². The van der Waals surface area contributed by atoms with E-state index in [0.717, 1.165) is 17.4 Å². The Morgan fingerprint density at radius 3 is 2.71 bits per heavy atom. The largest absolute Gasteiger partial charge is 0.309 e. The summed E-state index contributed by atoms with van der Waals surface area (Å²) in [5, 5.41) is 7.71. The molecule has 80 valence electrons. The van der Waals surface area contributed by atoms with Crippen molar-refractivity contribution in [1.82, 2.24) is 15.1 Å². The van der Waals surface area contributed by atoms with E-state index in [1.54, 1.807) is 0 Å². The Labute approximate surface area is 94.0 Å². The number of halogens is 1. The van der Waals surface area contributed by atoms with Crippen LogP contribution in [0.1, 0.15) is 38.4 Å². The Morgan fingerprint density at radius 2 is 2.29 bits per heavy atom. The third-order valence-corrected chi connectivity index (χ3v) is 2.91. The van der Waals surface area contributed by atoms with Crippen LogP contribution >= 0.6 is 15.9 Å². The van der Waals surface area contributed by atoms with Crippen LogP contribution in [0, 0.1) is 0 Å². The van der Waals surface area contributed by atoms with Crippen molar-refractivity contribution in [3.8, 4) is 0 Å². The Kier molecular flexibility index (Phi) is 4.62. The Morgan fingerprint density at radius 1 is 1.57 bits per heavy atom. The summed E-state index contributed by atoms with van der Waals surface area (Å²) in [6.45, 7) is 5.32. The molecule has 1 atom stereocenters. The van der Waals surface area contributed by atoms with Crippen LogP contribution < -0.4 is 5.32 Å². The normalized spacial score (nSPS) is 13.1. The average Bonchev–Trinajstić information content (AvgIpc) is 2.46. The molecule has 1 heterocycles. The van der Waals surface area contributed by atoms with Crippen molar-refractivity contribution in [3.05, 3.63) is 16.4 Å². The first-order valence-corrected chi connectivity index (χ1v) is 5.90. The zero-order valence-corrected chi connectivity index (χ0v) is 10.6. The predicted molar refractivity (Wildman–Crippen MR) is 62.2 cm³/mol. The van der Waals surface area contributed by atoms with Crippen LogP contribution in [0.4, 0.5) is 0 Å². The highest BCUT2D eigenvalue weighted by molar-refractivity contribution is 9.10. The zero-order valence-electron chi connectivity index (χ0n) is 9.05. The van der Waals surface area contributed by atoms with Crippen molar-refractivity contribution in [1.29, 1.82) is 0 Å². The van der Waals surface area contributed by atoms with E-state index in [4.69, 9.17) is 0 Å². The molecule has 4 heteroatoms. The van der Waals surface area contributed by atoms with E-state index >= 15 is 0 Å². The van der Waals surface area contributed by atoms with Gasteiger partial charge in [-0.3, -0.25) is 4.68 Å². The van der Waals surface area contributed by atoms with E-state index in [9.17, 15) is 0 Å². The summed E-state index contributed by atoms with van der Waals surface area (Å²) in [5.41, 5.74) is 1.24. The van der Waals surface area contributed by atoms with Gasteiger partial charge in [0, 0.05) is 7.05 Å². The van der Waals surface area contributed by atoms with Gasteiger partial charge in [-0.05, 0) is 28.9 Å². The molecule has 1 rings (SSSR count). The zero-order chi connectivity index (χ0) is 10.6. The van der Waals surface area contributed by atoms with E-state index in [2.05, 4.69) is 40.2 Å². The van der Waals surface area contributed by atoms with Gasteiger partial charge in [0.25, 0.3) is 0 Å². The van der Waals surface area contributed by atoms with Gasteiger partial charge in [-0.25, -0.2) is 0 Å². The van der Waals surface area contributed by atoms with Crippen molar-refractivity contribution in [2.24, 2.45) is 7.05 Å². The third-order valence-electron chi connectivity index (χ3n) is 2.30. The number of hydrogen-bond donors (Lipinski definition) is 1. The van der Waals surface area contributed by atoms with Crippen LogP contribution in [0.25, 0.3) is 0 Å². The number of aryl methyl sites for hydroxylation is 1. The lowest BCUT2D eigenvalue weighted by Gasteiger charge is -2.17. The highest BCUT2D eigenvalue weighted by atomic mass is 79.9. The molecular weight excluding hydrogens is 242 g/mol. The average molecular weight is 260 g/mol. The van der Waals surface area contributed by atoms with Gasteiger partial charge in [-0.2, -0.15) is 5.10 Å². The van der Waals surface area contributed by atoms with Gasteiger partial charge in [0.2, 0.25) is 0 Å². The fraction of sp³-hybridized carbons (Fsp3) is 0.700. The first kappa shape index (κ1) is 11.7. The molecule has 0 amide bonds. The Balaban J connectivity index is 2.85. The first-order valence-electron chi connectivity index (χ1n) is 5.11. The van der Waals surface area contributed by atoms with E-state index in [1.807, 2.05) is 17.9 Å². The van der Waals surface area contributed by atoms with Crippen molar-refractivity contribution in [2.45, 2.75) is 32.7 Å². The van der Waals surface area contributed by atoms with Gasteiger partial charge >= 0.3 is 0 Å². The number of hydrogen-bond acceptors (Lipinski definition) is 2. The summed E-state index contributed by atoms with van der Waals surface area (Å²) in [5.74, 6) is 0. The molecule has 14 heavy (non-hydrogen) atoms. The Hall–Kier alpha value is -0.350. The smallest absolute Gasteiger partial charge is 0.0692 e. The molecule has 0 radical (unpaired) electrons. The maximum atomic E-state index is 4.23. The van der Waals surface area contributed by atoms with Crippen molar-refractivity contribution < 1.29 is 0 Å². The molecule has 0 spiro atoms. The second kappa shape index (κ2) is 5.51. The number of nitrogens with one attached hydrogen (secondary N) is 1. The van der Waals surface area contributed by atoms with Gasteiger partial charge in [0.15, 0.2) is 0 Å². The molecule has 0 aromatic carbocycles. The second-order valence-electron chi connectivity index (χ2n) is 3.40. The lowest BCUT2D eigenvalue weighted by Crippen LogP contribution is -2.23. The fourth-order valence-corrected chi connectivity index (χ4v) is 2.31. The van der Waals surface area contributed by atoms with Crippen LogP contribution in [0.15, 0.2) is 10.7 Å². The Bertz CT molecular complexity index is 257. The monoisotopic (exact) mass is 259 g/mol. The molecule has 0 fully saturated rings. The van der Waals surface area contributed by atoms with Crippen molar-refractivity contribution in [3.63, 3.8) is 0 Å². The van der Waals surface area contributed by atoms with Crippen molar-refractivity contribution in [2.75, 3.05) is 6.54 Å². The summed E-state index contributed by atoms with van der Waals surface area (Å²) >= 11 is 3.53. The topological polar surface area (TPSA) is 29.9 Å². The minimum absolute atomic E-state index is 0.409. The highest BCUT2D eigenvalue weighted by Crippen LogP contribution is 2.25. The minimum atomic E-state index is 0.409. The molecular formula is C10H18BrN3. The van der Waals surface area contributed by atoms with Crippen LogP contribution in [-0.2, 0) is 7.05 Å². The summed E-state index contributed by atoms with van der Waals surface area (Å²) in [7, 11) is 1.99. The van der Waals surface area contributed by atoms with E-state index in [-0.39, 0.29) is 0 Å². The standard InChI is InChI=1S/C10H18BrN3/c1-4-6-9(12-5-2)10-8(11)7-13-14(10)3/h7,9,12H,4-6H2,1-3H3. The second-order valence-corrected chi connectivity index (χ2v) is 4.25. The third kappa shape index (κ3) is 2.58. The summed E-state index contributed by atoms with van der Waals surface area (Å²) < 4.78 is 3.03. The van der Waals surface area contributed by atoms with Crippen LogP contribution in [0.5, 0.6) is 0 Å².